The van der Waals surface area contributed by atoms with E-state index in [-0.39, 0.29) is 84.2 Å². The first-order chi connectivity index (χ1) is 48.2. The molecule has 31 heteroatoms. The van der Waals surface area contributed by atoms with E-state index < -0.39 is 43.9 Å². The fraction of sp³-hybridized carbons (Fsp3) is 0.444. The number of halogens is 3. The number of terminal acetylenes is 1. The Labute approximate surface area is 624 Å². The van der Waals surface area contributed by atoms with Crippen LogP contribution in [0.25, 0.3) is 0 Å². The van der Waals surface area contributed by atoms with E-state index in [2.05, 4.69) is 63.1 Å². The number of Topliss-reactive ketones (excluding diaryl/α,β-unsaturated/α-hetero) is 2. The summed E-state index contributed by atoms with van der Waals surface area (Å²) in [6.07, 6.45) is 10.1. The van der Waals surface area contributed by atoms with Gasteiger partial charge in [-0.2, -0.15) is 8.61 Å². The molecule has 6 aliphatic rings. The van der Waals surface area contributed by atoms with Crippen LogP contribution in [-0.2, 0) is 70.3 Å². The molecule has 6 aromatic carbocycles. The van der Waals surface area contributed by atoms with Crippen LogP contribution in [0.1, 0.15) is 76.8 Å². The minimum atomic E-state index is -3.85. The number of carbonyl (C=O) groups is 2. The number of nitrogens with zero attached hydrogens (tertiary/aromatic N) is 4. The maximum Gasteiger partial charge on any atom is 0.261 e. The van der Waals surface area contributed by atoms with Crippen molar-refractivity contribution >= 4 is 83.5 Å². The maximum absolute atomic E-state index is 13.4. The second-order valence-electron chi connectivity index (χ2n) is 23.5. The molecule has 0 unspecified atom stereocenters. The van der Waals surface area contributed by atoms with Gasteiger partial charge in [-0.1, -0.05) is 56.0 Å². The zero-order valence-electron chi connectivity index (χ0n) is 58.4. The number of carbonyl (C=O) groups excluding carboxylic acids is 2. The first kappa shape index (κ1) is 88.8. The topological polar surface area (TPSA) is 282 Å². The highest BCUT2D eigenvalue weighted by Gasteiger charge is 2.52. The fourth-order valence-corrected chi connectivity index (χ4v) is 16.2. The Balaban J connectivity index is 0.000000275. The molecule has 6 saturated heterocycles. The van der Waals surface area contributed by atoms with Gasteiger partial charge >= 0.3 is 0 Å². The van der Waals surface area contributed by atoms with Gasteiger partial charge in [0.05, 0.1) is 75.5 Å². The van der Waals surface area contributed by atoms with E-state index in [0.717, 1.165) is 103 Å². The number of hydrogen-bond donors (Lipinski definition) is 2. The minimum absolute atomic E-state index is 0. The van der Waals surface area contributed by atoms with E-state index in [0.29, 0.717) is 47.4 Å². The van der Waals surface area contributed by atoms with E-state index in [1.54, 1.807) is 69.7 Å². The molecule has 6 heterocycles. The smallest absolute Gasteiger partial charge is 0.261 e. The summed E-state index contributed by atoms with van der Waals surface area (Å²) in [4.78, 5) is 26.7. The maximum atomic E-state index is 13.4. The third kappa shape index (κ3) is 27.7. The Morgan fingerprint density at radius 3 is 1.19 bits per heavy atom. The molecule has 12 rings (SSSR count). The average Bonchev–Trinajstić information content (AvgIpc) is 1.68. The molecule has 24 nitrogen and oxygen atoms in total. The number of piperidine rings is 4. The van der Waals surface area contributed by atoms with Crippen LogP contribution in [0.5, 0.6) is 34.5 Å². The van der Waals surface area contributed by atoms with E-state index in [1.165, 1.54) is 96.7 Å². The first-order valence-corrected chi connectivity index (χ1v) is 40.0. The van der Waals surface area contributed by atoms with E-state index >= 15 is 0 Å². The Kier molecular flexibility index (Phi) is 37.1. The normalized spacial score (nSPS) is 17.3. The molecule has 2 spiro atoms. The quantitative estimate of drug-likeness (QED) is 0.0673. The van der Waals surface area contributed by atoms with E-state index in [4.69, 9.17) is 59.3 Å². The van der Waals surface area contributed by atoms with Gasteiger partial charge in [-0.15, -0.1) is 24.8 Å². The highest BCUT2D eigenvalue weighted by Crippen LogP contribution is 2.40. The molecule has 0 aliphatic carbocycles. The molecule has 103 heavy (non-hydrogen) atoms. The number of hydrogen-bond acceptors (Lipinski definition) is 22. The van der Waals surface area contributed by atoms with E-state index in [9.17, 15) is 43.3 Å². The Morgan fingerprint density at radius 2 is 0.825 bits per heavy atom. The molecule has 0 bridgehead atoms. The standard InChI is InChI=1S/C21H26N2O7S2.C15H22N2O2.C13H17NO2.2C7H7ClO3S.C5H9NO.C3H4.CH4.ClH/c1-28-17-5-3-7-19(15-17)31(24,25)22-11-9-21(10-12-22)23(13-14-30-21)32(26,27)20-8-4-6-18(16-20)29-2;1-18-14-4-2-3-13(11-14)12-17-8-5-15(6-9-17)16-7-10-19-15;1-16-13-4-2-3-11(9-13)10-14-7-5-12(15)6-8-14;2*1-11-6-3-2-4-7(5-6)12(8,9)10;7-5-1-3-6-4-2-5;1-3-2;;/h3-8,15-16H,9-14H2,1-2H3;2-4,11,16H,5-10,12H2,1H3;2-4,9H,5-8,10H2,1H3;2*2-5H,1H3;6H,1-4H2;1H,2H3;1H4;1H. The first-order valence-electron chi connectivity index (χ1n) is 32.5. The van der Waals surface area contributed by atoms with Crippen LogP contribution < -0.4 is 39.1 Å². The second kappa shape index (κ2) is 43.1. The fourth-order valence-electron chi connectivity index (χ4n) is 11.4. The van der Waals surface area contributed by atoms with E-state index in [1.807, 2.05) is 18.2 Å². The summed E-state index contributed by atoms with van der Waals surface area (Å²) in [5.74, 6) is 6.71. The number of methoxy groups -OCH3 is 6. The number of likely N-dealkylation sites (tertiary alicyclic amines) is 2. The number of benzene rings is 6. The third-order valence-electron chi connectivity index (χ3n) is 16.8. The average molecular weight is 1570 g/mol. The molecule has 6 aromatic rings. The lowest BCUT2D eigenvalue weighted by molar-refractivity contribution is -0.121. The highest BCUT2D eigenvalue weighted by molar-refractivity contribution is 8.14. The van der Waals surface area contributed by atoms with Crippen LogP contribution >= 0.6 is 33.8 Å². The van der Waals surface area contributed by atoms with Gasteiger partial charge in [0.1, 0.15) is 57.5 Å². The molecular formula is C72H97Cl3N6O18S4. The Morgan fingerprint density at radius 1 is 0.466 bits per heavy atom. The van der Waals surface area contributed by atoms with Crippen LogP contribution in [0, 0.1) is 12.3 Å². The van der Waals surface area contributed by atoms with Gasteiger partial charge < -0.3 is 43.2 Å². The summed E-state index contributed by atoms with van der Waals surface area (Å²) in [5, 5.41) is 6.60. The second-order valence-corrected chi connectivity index (χ2v) is 32.4. The molecule has 2 N–H and O–H groups in total. The minimum Gasteiger partial charge on any atom is -0.497 e. The number of nitrogens with one attached hydrogen (secondary N) is 2. The molecule has 0 radical (unpaired) electrons. The van der Waals surface area contributed by atoms with Gasteiger partial charge in [0.2, 0.25) is 20.0 Å². The number of ether oxygens (including phenoxy) is 8. The Hall–Kier alpha value is -6.63. The summed E-state index contributed by atoms with van der Waals surface area (Å²) >= 11 is 0. The van der Waals surface area contributed by atoms with Crippen molar-refractivity contribution in [2.24, 2.45) is 0 Å². The molecule has 568 valence electrons. The van der Waals surface area contributed by atoms with Crippen molar-refractivity contribution in [1.29, 1.82) is 0 Å². The molecule has 0 amide bonds. The number of rotatable bonds is 16. The van der Waals surface area contributed by atoms with Crippen molar-refractivity contribution in [3.8, 4) is 46.8 Å². The monoisotopic (exact) mass is 1570 g/mol. The van der Waals surface area contributed by atoms with Gasteiger partial charge in [-0.25, -0.2) is 33.7 Å². The van der Waals surface area contributed by atoms with Crippen LogP contribution in [0.2, 0.25) is 0 Å². The summed E-state index contributed by atoms with van der Waals surface area (Å²) < 4.78 is 141. The van der Waals surface area contributed by atoms with Gasteiger partial charge in [0, 0.05) is 176 Å². The van der Waals surface area contributed by atoms with Gasteiger partial charge in [-0.05, 0) is 90.8 Å². The number of ketones is 2. The van der Waals surface area contributed by atoms with Crippen molar-refractivity contribution in [1.82, 2.24) is 29.0 Å². The predicted octanol–water partition coefficient (Wildman–Crippen LogP) is 10.3. The zero-order valence-corrected chi connectivity index (χ0v) is 64.0. The van der Waals surface area contributed by atoms with Crippen LogP contribution in [-0.4, -0.2) is 196 Å². The van der Waals surface area contributed by atoms with Gasteiger partial charge in [-0.3, -0.25) is 24.7 Å². The van der Waals surface area contributed by atoms with Crippen molar-refractivity contribution < 1.29 is 81.2 Å². The largest absolute Gasteiger partial charge is 0.497 e. The number of sulfonamides is 2. The molecular weight excluding hydrogens is 1470 g/mol. The lowest BCUT2D eigenvalue weighted by atomic mass is 10.00. The molecule has 0 atom stereocenters. The lowest BCUT2D eigenvalue weighted by Gasteiger charge is -2.42. The van der Waals surface area contributed by atoms with Gasteiger partial charge in [0.25, 0.3) is 18.1 Å². The molecule has 6 fully saturated rings. The zero-order chi connectivity index (χ0) is 73.7. The lowest BCUT2D eigenvalue weighted by Crippen LogP contribution is -2.55. The van der Waals surface area contributed by atoms with Crippen LogP contribution in [0.15, 0.2) is 165 Å². The summed E-state index contributed by atoms with van der Waals surface area (Å²) in [5.41, 5.74) is 1.47. The summed E-state index contributed by atoms with van der Waals surface area (Å²) in [7, 11) is 4.60. The van der Waals surface area contributed by atoms with Crippen molar-refractivity contribution in [2.75, 3.05) is 121 Å². The Bertz CT molecular complexity index is 4060. The third-order valence-corrected chi connectivity index (χ3v) is 23.4. The van der Waals surface area contributed by atoms with Crippen LogP contribution in [0.3, 0.4) is 0 Å². The van der Waals surface area contributed by atoms with Gasteiger partial charge in [0.15, 0.2) is 0 Å². The summed E-state index contributed by atoms with van der Waals surface area (Å²) in [6, 6.07) is 41.0. The van der Waals surface area contributed by atoms with Crippen molar-refractivity contribution in [3.05, 3.63) is 157 Å². The molecule has 6 aliphatic heterocycles. The SMILES string of the molecule is C.C#CC.COc1cccc(CN2CCC(=O)CC2)c1.COc1cccc(CN2CCC3(CC2)NCCO3)c1.COc1cccc(S(=O)(=O)Cl)c1.COc1cccc(S(=O)(=O)Cl)c1.COc1cccc(S(=O)(=O)N2CCC3(CC2)OCCN3S(=O)(=O)c2cccc(OC)c2)c1.Cl.O=C1CCNCC1. The highest BCUT2D eigenvalue weighted by atomic mass is 35.7. The predicted molar refractivity (Wildman–Crippen MR) is 401 cm³/mol. The van der Waals surface area contributed by atoms with Crippen molar-refractivity contribution in [2.45, 2.75) is 110 Å². The molecule has 0 saturated carbocycles. The van der Waals surface area contributed by atoms with Crippen LogP contribution in [0.4, 0.5) is 0 Å². The van der Waals surface area contributed by atoms with Crippen molar-refractivity contribution in [3.63, 3.8) is 0 Å². The summed E-state index contributed by atoms with van der Waals surface area (Å²) in [6.45, 7) is 11.9. The molecule has 0 aromatic heterocycles.